The fourth-order valence-corrected chi connectivity index (χ4v) is 5.80. The highest BCUT2D eigenvalue weighted by molar-refractivity contribution is 7.89. The van der Waals surface area contributed by atoms with Crippen molar-refractivity contribution >= 4 is 33.2 Å². The predicted octanol–water partition coefficient (Wildman–Crippen LogP) is 3.01. The molecular formula is C24H29N3O6S. The van der Waals surface area contributed by atoms with Crippen LogP contribution in [0, 0.1) is 0 Å². The second kappa shape index (κ2) is 10.0. The van der Waals surface area contributed by atoms with Crippen molar-refractivity contribution in [1.82, 2.24) is 4.31 Å². The second-order valence-corrected chi connectivity index (χ2v) is 10.3. The summed E-state index contributed by atoms with van der Waals surface area (Å²) in [4.78, 5) is 26.9. The monoisotopic (exact) mass is 487 g/mol. The first-order valence-electron chi connectivity index (χ1n) is 11.3. The van der Waals surface area contributed by atoms with Crippen molar-refractivity contribution in [3.05, 3.63) is 42.5 Å². The number of fused-ring (bicyclic) bond motifs is 1. The molecule has 2 aliphatic heterocycles. The normalized spacial score (nSPS) is 18.9. The molecule has 1 saturated heterocycles. The number of methoxy groups -OCH3 is 1. The zero-order chi connectivity index (χ0) is 24.3. The number of sulfonamides is 1. The third-order valence-corrected chi connectivity index (χ3v) is 7.97. The molecule has 2 amide bonds. The Balaban J connectivity index is 1.58. The van der Waals surface area contributed by atoms with Crippen LogP contribution < -0.4 is 19.7 Å². The van der Waals surface area contributed by atoms with Crippen molar-refractivity contribution in [2.75, 3.05) is 37.0 Å². The van der Waals surface area contributed by atoms with Crippen LogP contribution in [0.25, 0.3) is 0 Å². The first-order chi connectivity index (χ1) is 16.3. The van der Waals surface area contributed by atoms with Gasteiger partial charge in [-0.3, -0.25) is 9.59 Å². The van der Waals surface area contributed by atoms with E-state index in [4.69, 9.17) is 9.47 Å². The maximum absolute atomic E-state index is 13.2. The molecular weight excluding hydrogens is 458 g/mol. The molecule has 0 aliphatic carbocycles. The average molecular weight is 488 g/mol. The van der Waals surface area contributed by atoms with Crippen LogP contribution >= 0.6 is 0 Å². The number of carbonyl (C=O) groups is 2. The lowest BCUT2D eigenvalue weighted by molar-refractivity contribution is -0.123. The number of amides is 2. The number of para-hydroxylation sites is 2. The van der Waals surface area contributed by atoms with E-state index in [1.165, 1.54) is 41.4 Å². The topological polar surface area (TPSA) is 105 Å². The van der Waals surface area contributed by atoms with Crippen LogP contribution in [0.1, 0.15) is 32.6 Å². The maximum atomic E-state index is 13.2. The summed E-state index contributed by atoms with van der Waals surface area (Å²) in [6.45, 7) is 2.42. The van der Waals surface area contributed by atoms with E-state index in [1.54, 1.807) is 24.3 Å². The van der Waals surface area contributed by atoms with E-state index in [2.05, 4.69) is 5.32 Å². The third kappa shape index (κ3) is 4.88. The number of rotatable bonds is 5. The summed E-state index contributed by atoms with van der Waals surface area (Å²) < 4.78 is 39.2. The Bertz CT molecular complexity index is 1170. The van der Waals surface area contributed by atoms with Crippen LogP contribution in [0.15, 0.2) is 47.4 Å². The minimum Gasteiger partial charge on any atom is -0.495 e. The molecule has 0 spiro atoms. The van der Waals surface area contributed by atoms with Crippen LogP contribution in [-0.2, 0) is 19.6 Å². The highest BCUT2D eigenvalue weighted by Gasteiger charge is 2.33. The smallest absolute Gasteiger partial charge is 0.267 e. The number of hydrogen-bond acceptors (Lipinski definition) is 6. The van der Waals surface area contributed by atoms with Gasteiger partial charge in [0.15, 0.2) is 6.10 Å². The molecule has 0 saturated carbocycles. The molecule has 0 radical (unpaired) electrons. The third-order valence-electron chi connectivity index (χ3n) is 6.08. The van der Waals surface area contributed by atoms with Crippen LogP contribution in [0.2, 0.25) is 0 Å². The molecule has 9 nitrogen and oxygen atoms in total. The number of ether oxygens (including phenoxy) is 2. The molecule has 4 rings (SSSR count). The van der Waals surface area contributed by atoms with Crippen LogP contribution in [0.5, 0.6) is 11.5 Å². The number of hydrogen-bond donors (Lipinski definition) is 1. The molecule has 1 atom stereocenters. The number of nitrogens with zero attached hydrogens (tertiary/aromatic N) is 2. The molecule has 10 heteroatoms. The predicted molar refractivity (Wildman–Crippen MR) is 128 cm³/mol. The van der Waals surface area contributed by atoms with Gasteiger partial charge >= 0.3 is 0 Å². The standard InChI is InChI=1S/C24H29N3O6S/c1-17(28)27-16-23(33-22-10-6-5-9-20(22)27)24(29)25-19-15-18(11-12-21(19)32-2)34(30,31)26-13-7-3-4-8-14-26/h5-6,9-12,15,23H,3-4,7-8,13-14,16H2,1-2H3,(H,25,29). The number of benzene rings is 2. The Hall–Kier alpha value is -3.11. The van der Waals surface area contributed by atoms with Gasteiger partial charge in [0, 0.05) is 20.0 Å². The van der Waals surface area contributed by atoms with E-state index in [9.17, 15) is 18.0 Å². The zero-order valence-electron chi connectivity index (χ0n) is 19.3. The van der Waals surface area contributed by atoms with Crippen LogP contribution in [-0.4, -0.2) is 57.4 Å². The van der Waals surface area contributed by atoms with Crippen molar-refractivity contribution in [3.63, 3.8) is 0 Å². The number of nitrogens with one attached hydrogen (secondary N) is 1. The summed E-state index contributed by atoms with van der Waals surface area (Å²) in [6, 6.07) is 11.4. The summed E-state index contributed by atoms with van der Waals surface area (Å²) in [5, 5.41) is 2.74. The van der Waals surface area contributed by atoms with E-state index >= 15 is 0 Å². The minimum absolute atomic E-state index is 0.0340. The van der Waals surface area contributed by atoms with Gasteiger partial charge in [0.25, 0.3) is 5.91 Å². The fraction of sp³-hybridized carbons (Fsp3) is 0.417. The van der Waals surface area contributed by atoms with Gasteiger partial charge in [-0.25, -0.2) is 8.42 Å². The van der Waals surface area contributed by atoms with E-state index < -0.39 is 22.0 Å². The quantitative estimate of drug-likeness (QED) is 0.695. The molecule has 2 aromatic carbocycles. The molecule has 1 N–H and O–H groups in total. The Labute approximate surface area is 199 Å². The summed E-state index contributed by atoms with van der Waals surface area (Å²) in [5.74, 6) is 0.0244. The largest absolute Gasteiger partial charge is 0.495 e. The molecule has 182 valence electrons. The van der Waals surface area contributed by atoms with E-state index in [0.29, 0.717) is 30.3 Å². The van der Waals surface area contributed by atoms with Gasteiger partial charge in [-0.15, -0.1) is 0 Å². The molecule has 2 heterocycles. The lowest BCUT2D eigenvalue weighted by Crippen LogP contribution is -2.48. The zero-order valence-corrected chi connectivity index (χ0v) is 20.1. The van der Waals surface area contributed by atoms with Gasteiger partial charge in [-0.1, -0.05) is 25.0 Å². The van der Waals surface area contributed by atoms with Crippen molar-refractivity contribution < 1.29 is 27.5 Å². The second-order valence-electron chi connectivity index (χ2n) is 8.37. The Morgan fingerprint density at radius 2 is 1.76 bits per heavy atom. The molecule has 0 bridgehead atoms. The van der Waals surface area contributed by atoms with Crippen molar-refractivity contribution in [2.45, 2.75) is 43.6 Å². The van der Waals surface area contributed by atoms with Gasteiger partial charge in [-0.2, -0.15) is 4.31 Å². The summed E-state index contributed by atoms with van der Waals surface area (Å²) in [5.41, 5.74) is 0.822. The molecule has 1 fully saturated rings. The van der Waals surface area contributed by atoms with Gasteiger partial charge < -0.3 is 19.7 Å². The molecule has 1 unspecified atom stereocenters. The highest BCUT2D eigenvalue weighted by atomic mass is 32.2. The average Bonchev–Trinajstić information content (AvgIpc) is 3.13. The lowest BCUT2D eigenvalue weighted by Gasteiger charge is -2.33. The Kier molecular flexibility index (Phi) is 7.08. The molecule has 0 aromatic heterocycles. The maximum Gasteiger partial charge on any atom is 0.267 e. The summed E-state index contributed by atoms with van der Waals surface area (Å²) >= 11 is 0. The highest BCUT2D eigenvalue weighted by Crippen LogP contribution is 2.34. The fourth-order valence-electron chi connectivity index (χ4n) is 4.26. The number of carbonyl (C=O) groups excluding carboxylic acids is 2. The van der Waals surface area contributed by atoms with E-state index in [-0.39, 0.29) is 23.0 Å². The van der Waals surface area contributed by atoms with Crippen molar-refractivity contribution in [1.29, 1.82) is 0 Å². The number of anilines is 2. The summed E-state index contributed by atoms with van der Waals surface area (Å²) in [6.07, 6.45) is 2.70. The Morgan fingerprint density at radius 3 is 2.44 bits per heavy atom. The van der Waals surface area contributed by atoms with Gasteiger partial charge in [0.2, 0.25) is 15.9 Å². The van der Waals surface area contributed by atoms with E-state index in [1.807, 2.05) is 0 Å². The lowest BCUT2D eigenvalue weighted by atomic mass is 10.1. The summed E-state index contributed by atoms with van der Waals surface area (Å²) in [7, 11) is -2.27. The first-order valence-corrected chi connectivity index (χ1v) is 12.8. The SMILES string of the molecule is COc1ccc(S(=O)(=O)N2CCCCCC2)cc1NC(=O)C1CN(C(C)=O)c2ccccc2O1. The first kappa shape index (κ1) is 24.0. The molecule has 2 aliphatic rings. The van der Waals surface area contributed by atoms with Crippen LogP contribution in [0.3, 0.4) is 0 Å². The molecule has 34 heavy (non-hydrogen) atoms. The minimum atomic E-state index is -3.71. The van der Waals surface area contributed by atoms with Gasteiger partial charge in [-0.05, 0) is 43.2 Å². The van der Waals surface area contributed by atoms with Gasteiger partial charge in [0.05, 0.1) is 29.9 Å². The van der Waals surface area contributed by atoms with Crippen molar-refractivity contribution in [3.8, 4) is 11.5 Å². The Morgan fingerprint density at radius 1 is 1.06 bits per heavy atom. The van der Waals surface area contributed by atoms with Crippen molar-refractivity contribution in [2.24, 2.45) is 0 Å². The molecule has 2 aromatic rings. The van der Waals surface area contributed by atoms with E-state index in [0.717, 1.165) is 25.7 Å². The van der Waals surface area contributed by atoms with Gasteiger partial charge in [0.1, 0.15) is 11.5 Å². The van der Waals surface area contributed by atoms with Crippen LogP contribution in [0.4, 0.5) is 11.4 Å².